The average Bonchev–Trinajstić information content (AvgIpc) is 2.61. The van der Waals surface area contributed by atoms with Gasteiger partial charge in [-0.3, -0.25) is 4.79 Å². The van der Waals surface area contributed by atoms with Gasteiger partial charge in [0, 0.05) is 23.2 Å². The Labute approximate surface area is 156 Å². The summed E-state index contributed by atoms with van der Waals surface area (Å²) in [5.41, 5.74) is 0.940. The number of carbonyl (C=O) groups is 1. The molecule has 136 valence electrons. The van der Waals surface area contributed by atoms with E-state index in [1.54, 1.807) is 0 Å². The Hall–Kier alpha value is -3.20. The topological polar surface area (TPSA) is 77.8 Å². The van der Waals surface area contributed by atoms with Crippen LogP contribution in [0.5, 0.6) is 0 Å². The molecule has 2 aliphatic heterocycles. The number of fused-ring (bicyclic) bond motifs is 1. The molecular weight excluding hydrogens is 343 g/mol. The Bertz CT molecular complexity index is 1040. The van der Waals surface area contributed by atoms with Crippen molar-refractivity contribution in [3.05, 3.63) is 70.3 Å². The highest BCUT2D eigenvalue weighted by Crippen LogP contribution is 2.50. The molecule has 3 heterocycles. The lowest BCUT2D eigenvalue weighted by Gasteiger charge is -2.45. The van der Waals surface area contributed by atoms with E-state index < -0.39 is 16.8 Å². The first kappa shape index (κ1) is 17.2. The monoisotopic (exact) mass is 362 g/mol. The minimum atomic E-state index is -1.00. The van der Waals surface area contributed by atoms with Crippen molar-refractivity contribution in [2.45, 2.75) is 38.1 Å². The van der Waals surface area contributed by atoms with Crippen LogP contribution in [-0.4, -0.2) is 16.4 Å². The number of nitriles is 1. The molecule has 0 aliphatic carbocycles. The fraction of sp³-hybridized carbons (Fsp3) is 0.286. The Morgan fingerprint density at radius 1 is 1.22 bits per heavy atom. The van der Waals surface area contributed by atoms with Gasteiger partial charge in [-0.1, -0.05) is 30.3 Å². The van der Waals surface area contributed by atoms with Crippen molar-refractivity contribution in [1.29, 1.82) is 5.26 Å². The van der Waals surface area contributed by atoms with Crippen molar-refractivity contribution in [2.24, 2.45) is 0 Å². The van der Waals surface area contributed by atoms with Crippen LogP contribution in [0.25, 0.3) is 0 Å². The molecule has 0 saturated carbocycles. The van der Waals surface area contributed by atoms with Crippen LogP contribution in [0.2, 0.25) is 0 Å². The average molecular weight is 362 g/mol. The quantitative estimate of drug-likeness (QED) is 0.815. The lowest BCUT2D eigenvalue weighted by atomic mass is 9.65. The number of anilines is 1. The number of rotatable bonds is 1. The van der Waals surface area contributed by atoms with Gasteiger partial charge >= 0.3 is 0 Å². The molecule has 0 spiro atoms. The number of carbonyl (C=O) groups excluding carboxylic acids is 1. The maximum absolute atomic E-state index is 14.5. The van der Waals surface area contributed by atoms with Gasteiger partial charge in [-0.25, -0.2) is 9.37 Å². The number of nitrogens with zero attached hydrogens (tertiary/aromatic N) is 2. The molecule has 2 aromatic rings. The number of nitrogens with one attached hydrogen (secondary N) is 2. The summed E-state index contributed by atoms with van der Waals surface area (Å²) in [4.78, 5) is 17.3. The summed E-state index contributed by atoms with van der Waals surface area (Å²) in [6.45, 7) is 5.76. The highest BCUT2D eigenvalue weighted by Gasteiger charge is 2.49. The van der Waals surface area contributed by atoms with Gasteiger partial charge in [0.25, 0.3) is 5.91 Å². The second-order valence-electron chi connectivity index (χ2n) is 7.80. The molecule has 27 heavy (non-hydrogen) atoms. The van der Waals surface area contributed by atoms with Gasteiger partial charge < -0.3 is 10.6 Å². The first-order chi connectivity index (χ1) is 12.8. The van der Waals surface area contributed by atoms with E-state index in [-0.39, 0.29) is 11.5 Å². The lowest BCUT2D eigenvalue weighted by molar-refractivity contribution is -0.120. The first-order valence-corrected chi connectivity index (χ1v) is 8.75. The summed E-state index contributed by atoms with van der Waals surface area (Å²) in [5, 5.41) is 15.9. The number of aromatic nitrogens is 1. The first-order valence-electron chi connectivity index (χ1n) is 8.75. The van der Waals surface area contributed by atoms with Crippen LogP contribution in [0.3, 0.4) is 0 Å². The molecule has 6 heteroatoms. The van der Waals surface area contributed by atoms with E-state index in [1.807, 2.05) is 57.2 Å². The van der Waals surface area contributed by atoms with Gasteiger partial charge in [0.15, 0.2) is 5.82 Å². The fourth-order valence-corrected chi connectivity index (χ4v) is 4.22. The minimum Gasteiger partial charge on any atom is -0.347 e. The molecule has 1 amide bonds. The SMILES string of the molecule is CC1(C)CC2=C(C(=O)N1)[C@@](C)(c1ccccc1)c1c(ncc(F)c1C#N)N2. The lowest BCUT2D eigenvalue weighted by Crippen LogP contribution is -2.54. The van der Waals surface area contributed by atoms with E-state index in [4.69, 9.17) is 0 Å². The summed E-state index contributed by atoms with van der Waals surface area (Å²) in [5.74, 6) is -0.497. The maximum Gasteiger partial charge on any atom is 0.250 e. The molecule has 1 aromatic carbocycles. The Balaban J connectivity index is 2.10. The molecule has 2 N–H and O–H groups in total. The second kappa shape index (κ2) is 5.65. The summed E-state index contributed by atoms with van der Waals surface area (Å²) >= 11 is 0. The highest BCUT2D eigenvalue weighted by atomic mass is 19.1. The molecule has 5 nitrogen and oxygen atoms in total. The molecule has 0 bridgehead atoms. The van der Waals surface area contributed by atoms with Gasteiger partial charge in [0.1, 0.15) is 11.9 Å². The van der Waals surface area contributed by atoms with Crippen molar-refractivity contribution < 1.29 is 9.18 Å². The smallest absolute Gasteiger partial charge is 0.250 e. The molecule has 0 unspecified atom stereocenters. The van der Waals surface area contributed by atoms with Crippen molar-refractivity contribution in [2.75, 3.05) is 5.32 Å². The zero-order valence-corrected chi connectivity index (χ0v) is 15.4. The molecule has 0 radical (unpaired) electrons. The van der Waals surface area contributed by atoms with Crippen LogP contribution in [-0.2, 0) is 10.2 Å². The van der Waals surface area contributed by atoms with Gasteiger partial charge in [0.05, 0.1) is 22.7 Å². The number of hydrogen-bond acceptors (Lipinski definition) is 4. The highest BCUT2D eigenvalue weighted by molar-refractivity contribution is 6.01. The van der Waals surface area contributed by atoms with E-state index in [9.17, 15) is 14.4 Å². The van der Waals surface area contributed by atoms with E-state index in [0.29, 0.717) is 23.4 Å². The normalized spacial score (nSPS) is 22.9. The predicted octanol–water partition coefficient (Wildman–Crippen LogP) is 3.38. The molecule has 1 aromatic heterocycles. The third-order valence-electron chi connectivity index (χ3n) is 5.36. The molecule has 2 aliphatic rings. The Morgan fingerprint density at radius 2 is 1.93 bits per heavy atom. The Kier molecular flexibility index (Phi) is 3.60. The van der Waals surface area contributed by atoms with Crippen LogP contribution >= 0.6 is 0 Å². The number of amides is 1. The third kappa shape index (κ3) is 2.42. The zero-order chi connectivity index (χ0) is 19.4. The number of hydrogen-bond donors (Lipinski definition) is 2. The van der Waals surface area contributed by atoms with Crippen molar-refractivity contribution in [3.8, 4) is 6.07 Å². The summed E-state index contributed by atoms with van der Waals surface area (Å²) in [6, 6.07) is 11.4. The van der Waals surface area contributed by atoms with Crippen LogP contribution in [0, 0.1) is 17.1 Å². The van der Waals surface area contributed by atoms with Crippen molar-refractivity contribution >= 4 is 11.7 Å². The molecule has 0 fully saturated rings. The van der Waals surface area contributed by atoms with Crippen LogP contribution < -0.4 is 10.6 Å². The third-order valence-corrected chi connectivity index (χ3v) is 5.36. The van der Waals surface area contributed by atoms with Crippen LogP contribution in [0.4, 0.5) is 10.2 Å². The van der Waals surface area contributed by atoms with E-state index in [1.165, 1.54) is 0 Å². The van der Waals surface area contributed by atoms with Gasteiger partial charge in [-0.05, 0) is 26.3 Å². The molecular formula is C21H19FN4O. The fourth-order valence-electron chi connectivity index (χ4n) is 4.22. The predicted molar refractivity (Wildman–Crippen MR) is 99.3 cm³/mol. The minimum absolute atomic E-state index is 0.0944. The number of halogens is 1. The van der Waals surface area contributed by atoms with Crippen LogP contribution in [0.1, 0.15) is 43.9 Å². The van der Waals surface area contributed by atoms with Gasteiger partial charge in [-0.2, -0.15) is 5.26 Å². The molecule has 1 atom stereocenters. The van der Waals surface area contributed by atoms with E-state index in [2.05, 4.69) is 15.6 Å². The maximum atomic E-state index is 14.5. The standard InChI is InChI=1S/C21H19FN4O/c1-20(2)9-15-17(19(27)26-20)21(3,12-7-5-4-6-8-12)16-13(10-23)14(22)11-24-18(16)25-15/h4-8,11H,9H2,1-3H3,(H,24,25)(H,26,27)/t21-/m0/s1. The van der Waals surface area contributed by atoms with E-state index >= 15 is 0 Å². The molecule has 4 rings (SSSR count). The van der Waals surface area contributed by atoms with E-state index in [0.717, 1.165) is 17.5 Å². The summed E-state index contributed by atoms with van der Waals surface area (Å²) in [7, 11) is 0. The van der Waals surface area contributed by atoms with Crippen molar-refractivity contribution in [1.82, 2.24) is 10.3 Å². The largest absolute Gasteiger partial charge is 0.347 e. The zero-order valence-electron chi connectivity index (χ0n) is 15.4. The van der Waals surface area contributed by atoms with Crippen LogP contribution in [0.15, 0.2) is 47.8 Å². The number of pyridine rings is 1. The summed E-state index contributed by atoms with van der Waals surface area (Å²) in [6.07, 6.45) is 1.63. The number of benzene rings is 1. The second-order valence-corrected chi connectivity index (χ2v) is 7.80. The summed E-state index contributed by atoms with van der Waals surface area (Å²) < 4.78 is 14.5. The Morgan fingerprint density at radius 3 is 2.59 bits per heavy atom. The van der Waals surface area contributed by atoms with Gasteiger partial charge in [0.2, 0.25) is 0 Å². The molecule has 0 saturated heterocycles. The van der Waals surface area contributed by atoms with Crippen molar-refractivity contribution in [3.63, 3.8) is 0 Å². The van der Waals surface area contributed by atoms with Gasteiger partial charge in [-0.15, -0.1) is 0 Å².